The topological polar surface area (TPSA) is 240 Å². The first-order chi connectivity index (χ1) is 26.1. The first kappa shape index (κ1) is 39.3. The summed E-state index contributed by atoms with van der Waals surface area (Å²) in [4.78, 5) is -0.764. The van der Waals surface area contributed by atoms with E-state index in [9.17, 15) is 43.2 Å². The van der Waals surface area contributed by atoms with Crippen molar-refractivity contribution in [3.8, 4) is 22.6 Å². The lowest BCUT2D eigenvalue weighted by Gasteiger charge is -2.15. The van der Waals surface area contributed by atoms with Crippen LogP contribution in [0.4, 0.5) is 60.5 Å². The van der Waals surface area contributed by atoms with Crippen molar-refractivity contribution in [3.63, 3.8) is 0 Å². The van der Waals surface area contributed by atoms with E-state index < -0.39 is 55.6 Å². The first-order valence-corrected chi connectivity index (χ1v) is 18.5. The van der Waals surface area contributed by atoms with Crippen molar-refractivity contribution in [1.29, 1.82) is 0 Å². The summed E-state index contributed by atoms with van der Waals surface area (Å²) in [5, 5.41) is 26.8. The number of benzene rings is 6. The molecule has 0 radical (unpaired) electrons. The van der Waals surface area contributed by atoms with Crippen molar-refractivity contribution in [2.75, 3.05) is 11.5 Å². The number of ether oxygens (including phenoxy) is 2. The second kappa shape index (κ2) is 14.4. The van der Waals surface area contributed by atoms with Gasteiger partial charge in [-0.1, -0.05) is 60.7 Å². The van der Waals surface area contributed by atoms with Gasteiger partial charge in [0.05, 0.1) is 21.2 Å². The van der Waals surface area contributed by atoms with Gasteiger partial charge in [0.25, 0.3) is 0 Å². The van der Waals surface area contributed by atoms with E-state index in [1.54, 1.807) is 12.1 Å². The van der Waals surface area contributed by atoms with Gasteiger partial charge >= 0.3 is 12.7 Å². The minimum Gasteiger partial charge on any atom is -0.403 e. The number of nitrogens with two attached hydrogens (primary N) is 4. The number of fused-ring (bicyclic) bond motifs is 2. The molecule has 0 fully saturated rings. The van der Waals surface area contributed by atoms with Gasteiger partial charge in [0.1, 0.15) is 22.7 Å². The van der Waals surface area contributed by atoms with E-state index in [-0.39, 0.29) is 65.2 Å². The van der Waals surface area contributed by atoms with Crippen LogP contribution in [-0.2, 0) is 20.0 Å². The van der Waals surface area contributed by atoms with E-state index in [2.05, 4.69) is 29.9 Å². The summed E-state index contributed by atoms with van der Waals surface area (Å²) in [6, 6.07) is 19.9. The van der Waals surface area contributed by atoms with Crippen LogP contribution in [0.25, 0.3) is 32.7 Å². The van der Waals surface area contributed by atoms with Gasteiger partial charge in [0, 0.05) is 21.5 Å². The van der Waals surface area contributed by atoms with Gasteiger partial charge < -0.3 is 20.9 Å². The summed E-state index contributed by atoms with van der Waals surface area (Å²) < 4.78 is 139. The minimum absolute atomic E-state index is 0.0748. The fourth-order valence-electron chi connectivity index (χ4n) is 5.52. The number of anilines is 2. The molecule has 56 heavy (non-hydrogen) atoms. The monoisotopic (exact) mass is 818 g/mol. The number of alkyl halides is 6. The Morgan fingerprint density at radius 2 is 0.786 bits per heavy atom. The van der Waals surface area contributed by atoms with Gasteiger partial charge in [0.15, 0.2) is 11.5 Å². The summed E-state index contributed by atoms with van der Waals surface area (Å²) in [7, 11) is -8.66. The number of halogens is 6. The van der Waals surface area contributed by atoms with Gasteiger partial charge in [-0.2, -0.15) is 0 Å². The molecule has 0 heterocycles. The van der Waals surface area contributed by atoms with Crippen molar-refractivity contribution < 1.29 is 52.7 Å². The minimum atomic E-state index is -5.28. The highest BCUT2D eigenvalue weighted by Crippen LogP contribution is 2.43. The normalized spacial score (nSPS) is 12.9. The zero-order chi connectivity index (χ0) is 40.8. The average Bonchev–Trinajstić information content (AvgIpc) is 3.09. The summed E-state index contributed by atoms with van der Waals surface area (Å²) in [5.74, 6) is -1.91. The molecule has 0 aliphatic heterocycles. The Kier molecular flexibility index (Phi) is 10.1. The van der Waals surface area contributed by atoms with Crippen LogP contribution in [0.1, 0.15) is 0 Å². The number of azo groups is 2. The van der Waals surface area contributed by atoms with Crippen LogP contribution in [0.5, 0.6) is 11.5 Å². The van der Waals surface area contributed by atoms with Crippen LogP contribution in [0.2, 0.25) is 0 Å². The molecular weight excluding hydrogens is 795 g/mol. The standard InChI is InChI=1S/C34H24F6N8O6S2/c35-33(36,37)53-27-13-17(9-11-23(27)45-47-25-15-29(55(43,49)50)19-5-1-3-7-21(19)31(25)41)18-10-12-24(28(14-18)54-34(38,39)40)46-48-26-16-30(56(44,51)52)20-6-2-4-8-22(20)32(26)42/h1-16H,41-42H2,(H2,43,49,50)(H2,44,51,52)/b47-45+,48-46+. The Morgan fingerprint density at radius 3 is 1.11 bits per heavy atom. The zero-order valence-corrected chi connectivity index (χ0v) is 29.5. The van der Waals surface area contributed by atoms with Gasteiger partial charge in [-0.15, -0.1) is 46.8 Å². The number of hydrogen-bond acceptors (Lipinski definition) is 12. The highest BCUT2D eigenvalue weighted by molar-refractivity contribution is 7.89. The maximum Gasteiger partial charge on any atom is 0.573 e. The number of sulfonamides is 2. The summed E-state index contributed by atoms with van der Waals surface area (Å²) in [6.07, 6.45) is -10.6. The molecule has 14 nitrogen and oxygen atoms in total. The molecule has 0 saturated carbocycles. The van der Waals surface area contributed by atoms with E-state index in [0.29, 0.717) is 0 Å². The van der Waals surface area contributed by atoms with Gasteiger partial charge in [-0.25, -0.2) is 27.1 Å². The van der Waals surface area contributed by atoms with Crippen molar-refractivity contribution >= 4 is 75.7 Å². The molecule has 0 aliphatic rings. The Balaban J connectivity index is 1.42. The lowest BCUT2D eigenvalue weighted by molar-refractivity contribution is -0.275. The fourth-order valence-corrected chi connectivity index (χ4v) is 7.04. The molecular formula is C34H24F6N8O6S2. The molecule has 290 valence electrons. The van der Waals surface area contributed by atoms with Gasteiger partial charge in [0.2, 0.25) is 20.0 Å². The molecule has 6 aromatic carbocycles. The van der Waals surface area contributed by atoms with E-state index in [0.717, 1.165) is 36.4 Å². The van der Waals surface area contributed by atoms with Crippen molar-refractivity contribution in [2.24, 2.45) is 30.7 Å². The fraction of sp³-hybridized carbons (Fsp3) is 0.0588. The quantitative estimate of drug-likeness (QED) is 0.0623. The smallest absolute Gasteiger partial charge is 0.403 e. The molecule has 22 heteroatoms. The van der Waals surface area contributed by atoms with Crippen molar-refractivity contribution in [3.05, 3.63) is 97.1 Å². The Morgan fingerprint density at radius 1 is 0.464 bits per heavy atom. The third-order valence-electron chi connectivity index (χ3n) is 7.90. The molecule has 8 N–H and O–H groups in total. The SMILES string of the molecule is Nc1c(/N=N/c2ccc(-c3ccc(/N=N/c4cc(S(N)(=O)=O)c5ccccc5c4N)c(OC(F)(F)F)c3)cc2OC(F)(F)F)cc(S(N)(=O)=O)c2ccccc12. The molecule has 0 saturated heterocycles. The van der Waals surface area contributed by atoms with E-state index >= 15 is 0 Å². The number of primary sulfonamides is 2. The van der Waals surface area contributed by atoms with Crippen molar-refractivity contribution in [1.82, 2.24) is 0 Å². The highest BCUT2D eigenvalue weighted by atomic mass is 32.2. The predicted octanol–water partition coefficient (Wildman–Crippen LogP) is 8.75. The molecule has 0 aromatic heterocycles. The third-order valence-corrected chi connectivity index (χ3v) is 9.80. The average molecular weight is 819 g/mol. The van der Waals surface area contributed by atoms with Crippen LogP contribution in [0, 0.1) is 0 Å². The number of rotatable bonds is 9. The molecule has 0 aliphatic carbocycles. The van der Waals surface area contributed by atoms with Gasteiger partial charge in [-0.05, 0) is 47.5 Å². The van der Waals surface area contributed by atoms with Crippen molar-refractivity contribution in [2.45, 2.75) is 22.5 Å². The van der Waals surface area contributed by atoms with Gasteiger partial charge in [-0.3, -0.25) is 0 Å². The second-order valence-electron chi connectivity index (χ2n) is 11.7. The Bertz CT molecular complexity index is 2640. The lowest BCUT2D eigenvalue weighted by atomic mass is 10.0. The molecule has 0 amide bonds. The van der Waals surface area contributed by atoms with E-state index in [1.165, 1.54) is 48.5 Å². The maximum atomic E-state index is 13.6. The first-order valence-electron chi connectivity index (χ1n) is 15.4. The molecule has 0 unspecified atom stereocenters. The number of nitrogens with zero attached hydrogens (tertiary/aromatic N) is 4. The lowest BCUT2D eigenvalue weighted by Crippen LogP contribution is -2.17. The van der Waals surface area contributed by atoms with Crippen LogP contribution in [0.15, 0.2) is 127 Å². The number of hydrogen-bond donors (Lipinski definition) is 4. The van der Waals surface area contributed by atoms with Crippen LogP contribution in [0.3, 0.4) is 0 Å². The van der Waals surface area contributed by atoms with E-state index in [1.807, 2.05) is 0 Å². The van der Waals surface area contributed by atoms with Crippen LogP contribution >= 0.6 is 0 Å². The second-order valence-corrected chi connectivity index (χ2v) is 14.7. The molecule has 0 bridgehead atoms. The van der Waals surface area contributed by atoms with Crippen LogP contribution in [-0.4, -0.2) is 29.6 Å². The maximum absolute atomic E-state index is 13.6. The Labute approximate surface area is 312 Å². The van der Waals surface area contributed by atoms with Crippen LogP contribution < -0.4 is 31.2 Å². The molecule has 0 atom stereocenters. The Hall–Kier alpha value is -6.36. The summed E-state index contributed by atoms with van der Waals surface area (Å²) in [5.41, 5.74) is 10.3. The summed E-state index contributed by atoms with van der Waals surface area (Å²) >= 11 is 0. The number of nitrogen functional groups attached to an aromatic ring is 2. The molecule has 6 aromatic rings. The molecule has 6 rings (SSSR count). The zero-order valence-electron chi connectivity index (χ0n) is 27.9. The third kappa shape index (κ3) is 8.62. The highest BCUT2D eigenvalue weighted by Gasteiger charge is 2.34. The predicted molar refractivity (Wildman–Crippen MR) is 193 cm³/mol. The van der Waals surface area contributed by atoms with E-state index in [4.69, 9.17) is 21.7 Å². The summed E-state index contributed by atoms with van der Waals surface area (Å²) in [6.45, 7) is 0. The molecule has 0 spiro atoms. The largest absolute Gasteiger partial charge is 0.573 e.